The van der Waals surface area contributed by atoms with Gasteiger partial charge >= 0.3 is 5.97 Å². The summed E-state index contributed by atoms with van der Waals surface area (Å²) < 4.78 is 19.7. The van der Waals surface area contributed by atoms with E-state index in [1.165, 1.54) is 23.5 Å². The van der Waals surface area contributed by atoms with Crippen LogP contribution in [0.25, 0.3) is 33.3 Å². The zero-order valence-electron chi connectivity index (χ0n) is 19.6. The van der Waals surface area contributed by atoms with Crippen LogP contribution in [0.1, 0.15) is 27.6 Å². The molecule has 0 unspecified atom stereocenters. The van der Waals surface area contributed by atoms with Gasteiger partial charge in [0.15, 0.2) is 0 Å². The number of fused-ring (bicyclic) bond motifs is 1. The highest BCUT2D eigenvalue weighted by molar-refractivity contribution is 9.10. The van der Waals surface area contributed by atoms with Crippen LogP contribution in [0, 0.1) is 5.82 Å². The topological polar surface area (TPSA) is 68.3 Å². The number of amides is 1. The number of anilines is 1. The molecule has 0 saturated carbocycles. The van der Waals surface area contributed by atoms with Gasteiger partial charge in [0.1, 0.15) is 16.4 Å². The van der Waals surface area contributed by atoms with Crippen molar-refractivity contribution in [1.29, 1.82) is 0 Å². The van der Waals surface area contributed by atoms with Gasteiger partial charge in [0.2, 0.25) is 0 Å². The van der Waals surface area contributed by atoms with Crippen LogP contribution in [0.5, 0.6) is 0 Å². The van der Waals surface area contributed by atoms with Crippen molar-refractivity contribution in [3.05, 3.63) is 106 Å². The third kappa shape index (κ3) is 5.16. The van der Waals surface area contributed by atoms with Crippen molar-refractivity contribution in [1.82, 2.24) is 4.98 Å². The Balaban J connectivity index is 1.57. The fraction of sp³-hybridized carbons (Fsp3) is 0.0690. The number of hydrogen-bond acceptors (Lipinski definition) is 5. The Kier molecular flexibility index (Phi) is 7.12. The van der Waals surface area contributed by atoms with E-state index in [0.717, 1.165) is 10.0 Å². The second-order valence-corrected chi connectivity index (χ2v) is 9.91. The maximum absolute atomic E-state index is 13.6. The number of carbonyl (C=O) groups excluding carboxylic acids is 2. The van der Waals surface area contributed by atoms with Crippen LogP contribution in [0.4, 0.5) is 9.39 Å². The monoisotopic (exact) mass is 574 g/mol. The Bertz CT molecular complexity index is 1620. The van der Waals surface area contributed by atoms with E-state index in [1.54, 1.807) is 30.5 Å². The van der Waals surface area contributed by atoms with Gasteiger partial charge in [-0.25, -0.2) is 14.2 Å². The van der Waals surface area contributed by atoms with Gasteiger partial charge in [0.05, 0.1) is 23.4 Å². The number of carbonyl (C=O) groups is 2. The lowest BCUT2D eigenvalue weighted by Crippen LogP contribution is -2.15. The summed E-state index contributed by atoms with van der Waals surface area (Å²) in [5, 5.41) is 5.72. The van der Waals surface area contributed by atoms with Gasteiger partial charge in [0.25, 0.3) is 5.91 Å². The number of halogens is 2. The lowest BCUT2D eigenvalue weighted by Gasteiger charge is -2.12. The lowest BCUT2D eigenvalue weighted by molar-refractivity contribution is 0.0529. The van der Waals surface area contributed by atoms with Crippen LogP contribution < -0.4 is 5.32 Å². The fourth-order valence-electron chi connectivity index (χ4n) is 4.00. The van der Waals surface area contributed by atoms with Crippen molar-refractivity contribution in [2.45, 2.75) is 6.92 Å². The van der Waals surface area contributed by atoms with Gasteiger partial charge in [-0.1, -0.05) is 58.4 Å². The minimum absolute atomic E-state index is 0.177. The summed E-state index contributed by atoms with van der Waals surface area (Å²) in [6, 6.07) is 22.7. The molecule has 1 amide bonds. The molecule has 8 heteroatoms. The second kappa shape index (κ2) is 10.6. The molecule has 0 saturated heterocycles. The van der Waals surface area contributed by atoms with Crippen molar-refractivity contribution in [2.75, 3.05) is 11.9 Å². The van der Waals surface area contributed by atoms with E-state index in [2.05, 4.69) is 21.2 Å². The quantitative estimate of drug-likeness (QED) is 0.209. The molecular weight excluding hydrogens is 555 g/mol. The average Bonchev–Trinajstić information content (AvgIpc) is 3.32. The molecule has 5 aromatic rings. The van der Waals surface area contributed by atoms with Crippen LogP contribution in [0.15, 0.2) is 88.7 Å². The second-order valence-electron chi connectivity index (χ2n) is 8.11. The molecule has 0 aliphatic rings. The number of nitrogens with one attached hydrogen (secondary N) is 1. The van der Waals surface area contributed by atoms with E-state index in [-0.39, 0.29) is 23.9 Å². The van der Waals surface area contributed by atoms with Crippen LogP contribution in [-0.2, 0) is 4.74 Å². The molecule has 2 aromatic heterocycles. The van der Waals surface area contributed by atoms with Gasteiger partial charge in [-0.2, -0.15) is 0 Å². The Hall–Kier alpha value is -3.88. The van der Waals surface area contributed by atoms with Crippen LogP contribution in [0.3, 0.4) is 0 Å². The Labute approximate surface area is 225 Å². The van der Waals surface area contributed by atoms with E-state index in [4.69, 9.17) is 9.72 Å². The van der Waals surface area contributed by atoms with Crippen molar-refractivity contribution in [3.63, 3.8) is 0 Å². The minimum Gasteiger partial charge on any atom is -0.462 e. The van der Waals surface area contributed by atoms with Gasteiger partial charge in [0, 0.05) is 26.4 Å². The molecular formula is C29H20BrFN2O3S. The highest BCUT2D eigenvalue weighted by Gasteiger charge is 2.24. The molecule has 0 atom stereocenters. The molecule has 184 valence electrons. The maximum atomic E-state index is 13.6. The first kappa shape index (κ1) is 24.8. The van der Waals surface area contributed by atoms with Crippen molar-refractivity contribution in [3.8, 4) is 22.4 Å². The van der Waals surface area contributed by atoms with E-state index >= 15 is 0 Å². The fourth-order valence-corrected chi connectivity index (χ4v) is 5.22. The highest BCUT2D eigenvalue weighted by Crippen LogP contribution is 2.37. The Morgan fingerprint density at radius 2 is 1.70 bits per heavy atom. The molecule has 2 heterocycles. The third-order valence-electron chi connectivity index (χ3n) is 5.75. The molecule has 5 rings (SSSR count). The number of thiophene rings is 1. The number of hydrogen-bond donors (Lipinski definition) is 1. The van der Waals surface area contributed by atoms with E-state index in [0.29, 0.717) is 38.3 Å². The van der Waals surface area contributed by atoms with Gasteiger partial charge < -0.3 is 10.1 Å². The molecule has 0 fully saturated rings. The SMILES string of the molecule is CCOC(=O)c1c(-c2ccc(F)cc2)csc1NC(=O)c1cc(-c2ccc(Br)cc2)nc2ccccc12. The highest BCUT2D eigenvalue weighted by atomic mass is 79.9. The molecule has 3 aromatic carbocycles. The predicted molar refractivity (Wildman–Crippen MR) is 149 cm³/mol. The summed E-state index contributed by atoms with van der Waals surface area (Å²) in [4.78, 5) is 31.3. The van der Waals surface area contributed by atoms with Gasteiger partial charge in [-0.15, -0.1) is 11.3 Å². The number of rotatable bonds is 6. The number of benzene rings is 3. The van der Waals surface area contributed by atoms with Crippen molar-refractivity contribution in [2.24, 2.45) is 0 Å². The number of pyridine rings is 1. The van der Waals surface area contributed by atoms with Gasteiger partial charge in [-0.3, -0.25) is 4.79 Å². The third-order valence-corrected chi connectivity index (χ3v) is 7.18. The molecule has 0 spiro atoms. The first-order valence-electron chi connectivity index (χ1n) is 11.5. The van der Waals surface area contributed by atoms with E-state index < -0.39 is 5.97 Å². The summed E-state index contributed by atoms with van der Waals surface area (Å²) >= 11 is 4.66. The lowest BCUT2D eigenvalue weighted by atomic mass is 10.0. The number of para-hydroxylation sites is 1. The van der Waals surface area contributed by atoms with E-state index in [1.807, 2.05) is 48.5 Å². The van der Waals surface area contributed by atoms with Crippen LogP contribution in [0.2, 0.25) is 0 Å². The van der Waals surface area contributed by atoms with E-state index in [9.17, 15) is 14.0 Å². The number of aromatic nitrogens is 1. The summed E-state index contributed by atoms with van der Waals surface area (Å²) in [5.74, 6) is -1.32. The molecule has 0 bridgehead atoms. The number of ether oxygens (including phenoxy) is 1. The van der Waals surface area contributed by atoms with Gasteiger partial charge in [-0.05, 0) is 48.9 Å². The van der Waals surface area contributed by atoms with Crippen molar-refractivity contribution < 1.29 is 18.7 Å². The minimum atomic E-state index is -0.562. The number of esters is 1. The normalized spacial score (nSPS) is 10.9. The van der Waals surface area contributed by atoms with Crippen LogP contribution >= 0.6 is 27.3 Å². The van der Waals surface area contributed by atoms with Crippen LogP contribution in [-0.4, -0.2) is 23.5 Å². The number of nitrogens with zero attached hydrogens (tertiary/aromatic N) is 1. The summed E-state index contributed by atoms with van der Waals surface area (Å²) in [6.07, 6.45) is 0. The summed E-state index contributed by atoms with van der Waals surface area (Å²) in [5.41, 5.74) is 4.07. The molecule has 0 radical (unpaired) electrons. The average molecular weight is 575 g/mol. The summed E-state index contributed by atoms with van der Waals surface area (Å²) in [7, 11) is 0. The molecule has 5 nitrogen and oxygen atoms in total. The largest absolute Gasteiger partial charge is 0.462 e. The Morgan fingerprint density at radius 1 is 1.00 bits per heavy atom. The maximum Gasteiger partial charge on any atom is 0.341 e. The summed E-state index contributed by atoms with van der Waals surface area (Å²) in [6.45, 7) is 1.89. The molecule has 0 aliphatic heterocycles. The first-order valence-corrected chi connectivity index (χ1v) is 13.1. The standard InChI is InChI=1S/C29H20BrFN2O3S/c1-2-36-29(35)26-23(17-9-13-20(31)14-10-17)16-37-28(26)33-27(34)22-15-25(18-7-11-19(30)12-8-18)32-24-6-4-3-5-21(22)24/h3-16H,2H2,1H3,(H,33,34). The molecule has 1 N–H and O–H groups in total. The van der Waals surface area contributed by atoms with Crippen molar-refractivity contribution >= 4 is 55.0 Å². The molecule has 0 aliphatic carbocycles. The zero-order valence-corrected chi connectivity index (χ0v) is 22.0. The smallest absolute Gasteiger partial charge is 0.341 e. The predicted octanol–water partition coefficient (Wildman–Crippen LogP) is 7.96. The first-order chi connectivity index (χ1) is 17.9. The molecule has 37 heavy (non-hydrogen) atoms. The zero-order chi connectivity index (χ0) is 25.9. The Morgan fingerprint density at radius 3 is 2.43 bits per heavy atom.